The molecule has 0 bridgehead atoms. The van der Waals surface area contributed by atoms with Crippen LogP contribution in [0.5, 0.6) is 0 Å². The Labute approximate surface area is 88.5 Å². The lowest BCUT2D eigenvalue weighted by molar-refractivity contribution is 0.707. The van der Waals surface area contributed by atoms with Crippen LogP contribution in [-0.2, 0) is 12.8 Å². The number of aromatic nitrogens is 2. The number of fused-ring (bicyclic) bond motifs is 1. The number of nitrogen functional groups attached to an aromatic ring is 1. The van der Waals surface area contributed by atoms with E-state index in [0.717, 1.165) is 17.9 Å². The smallest absolute Gasteiger partial charge is 0.221 e. The second-order valence-corrected chi connectivity index (χ2v) is 4.37. The first kappa shape index (κ1) is 9.77. The maximum absolute atomic E-state index is 5.67. The Morgan fingerprint density at radius 1 is 1.14 bits per heavy atom. The monoisotopic (exact) mass is 209 g/mol. The van der Waals surface area contributed by atoms with Gasteiger partial charge in [-0.25, -0.2) is 9.97 Å². The summed E-state index contributed by atoms with van der Waals surface area (Å²) in [5, 5.41) is 1.08. The molecule has 1 aromatic heterocycles. The summed E-state index contributed by atoms with van der Waals surface area (Å²) in [7, 11) is 0. The molecule has 3 nitrogen and oxygen atoms in total. The summed E-state index contributed by atoms with van der Waals surface area (Å²) < 4.78 is 0. The van der Waals surface area contributed by atoms with Crippen LogP contribution in [0.25, 0.3) is 0 Å². The van der Waals surface area contributed by atoms with E-state index >= 15 is 0 Å². The van der Waals surface area contributed by atoms with Crippen LogP contribution < -0.4 is 5.73 Å². The molecule has 1 aliphatic carbocycles. The fourth-order valence-electron chi connectivity index (χ4n) is 1.92. The fourth-order valence-corrected chi connectivity index (χ4v) is 2.57. The second kappa shape index (κ2) is 4.17. The van der Waals surface area contributed by atoms with E-state index in [1.54, 1.807) is 11.8 Å². The van der Waals surface area contributed by atoms with Crippen LogP contribution >= 0.6 is 11.8 Å². The first-order valence-corrected chi connectivity index (χ1v) is 6.23. The molecule has 0 fully saturated rings. The first-order valence-electron chi connectivity index (χ1n) is 5.00. The Balaban J connectivity index is 2.46. The quantitative estimate of drug-likeness (QED) is 0.437. The first-order chi connectivity index (χ1) is 6.81. The van der Waals surface area contributed by atoms with E-state index in [-0.39, 0.29) is 0 Å². The average Bonchev–Trinajstić information content (AvgIpc) is 2.41. The topological polar surface area (TPSA) is 51.8 Å². The van der Waals surface area contributed by atoms with Gasteiger partial charge in [-0.05, 0) is 31.9 Å². The Morgan fingerprint density at radius 2 is 1.93 bits per heavy atom. The molecule has 76 valence electrons. The lowest BCUT2D eigenvalue weighted by atomic mass is 10.1. The molecular formula is C10H15N3S. The van der Waals surface area contributed by atoms with Gasteiger partial charge in [-0.2, -0.15) is 0 Å². The van der Waals surface area contributed by atoms with Gasteiger partial charge in [0.1, 0.15) is 5.03 Å². The lowest BCUT2D eigenvalue weighted by Gasteiger charge is -2.09. The van der Waals surface area contributed by atoms with Crippen molar-refractivity contribution in [1.82, 2.24) is 9.97 Å². The van der Waals surface area contributed by atoms with E-state index in [0.29, 0.717) is 5.95 Å². The normalized spacial score (nSPS) is 16.1. The van der Waals surface area contributed by atoms with Gasteiger partial charge < -0.3 is 5.73 Å². The number of nitrogens with zero attached hydrogens (tertiary/aromatic N) is 2. The zero-order valence-electron chi connectivity index (χ0n) is 8.42. The maximum Gasteiger partial charge on any atom is 0.221 e. The van der Waals surface area contributed by atoms with Gasteiger partial charge in [-0.3, -0.25) is 0 Å². The van der Waals surface area contributed by atoms with Gasteiger partial charge in [-0.1, -0.05) is 6.42 Å². The predicted molar refractivity (Wildman–Crippen MR) is 59.5 cm³/mol. The summed E-state index contributed by atoms with van der Waals surface area (Å²) in [6.07, 6.45) is 8.02. The Kier molecular flexibility index (Phi) is 2.91. The van der Waals surface area contributed by atoms with Crippen molar-refractivity contribution in [3.63, 3.8) is 0 Å². The number of hydrogen-bond donors (Lipinski definition) is 1. The van der Waals surface area contributed by atoms with Gasteiger partial charge >= 0.3 is 0 Å². The van der Waals surface area contributed by atoms with Gasteiger partial charge in [0.2, 0.25) is 5.95 Å². The van der Waals surface area contributed by atoms with Gasteiger partial charge in [0.05, 0.1) is 5.69 Å². The average molecular weight is 209 g/mol. The van der Waals surface area contributed by atoms with Gasteiger partial charge in [0, 0.05) is 5.56 Å². The minimum absolute atomic E-state index is 0.426. The Bertz CT molecular complexity index is 338. The Morgan fingerprint density at radius 3 is 2.71 bits per heavy atom. The molecule has 1 aliphatic rings. The third-order valence-electron chi connectivity index (χ3n) is 2.61. The predicted octanol–water partition coefficient (Wildman–Crippen LogP) is 2.05. The fraction of sp³-hybridized carbons (Fsp3) is 0.600. The van der Waals surface area contributed by atoms with Crippen LogP contribution in [0.15, 0.2) is 5.03 Å². The SMILES string of the molecule is CSc1nc(N)nc2c1CCCCC2. The summed E-state index contributed by atoms with van der Waals surface area (Å²) in [6.45, 7) is 0. The molecule has 2 rings (SSSR count). The molecule has 2 N–H and O–H groups in total. The van der Waals surface area contributed by atoms with Crippen molar-refractivity contribution >= 4 is 17.7 Å². The highest BCUT2D eigenvalue weighted by Gasteiger charge is 2.14. The van der Waals surface area contributed by atoms with E-state index < -0.39 is 0 Å². The van der Waals surface area contributed by atoms with Crippen molar-refractivity contribution in [3.8, 4) is 0 Å². The highest BCUT2D eigenvalue weighted by Crippen LogP contribution is 2.27. The Hall–Kier alpha value is -0.770. The number of rotatable bonds is 1. The van der Waals surface area contributed by atoms with E-state index in [1.165, 1.54) is 30.5 Å². The summed E-state index contributed by atoms with van der Waals surface area (Å²) in [4.78, 5) is 8.61. The standard InChI is InChI=1S/C10H15N3S/c1-14-9-7-5-3-2-4-6-8(7)12-10(11)13-9/h2-6H2,1H3,(H2,11,12,13). The zero-order valence-corrected chi connectivity index (χ0v) is 9.23. The third-order valence-corrected chi connectivity index (χ3v) is 3.33. The van der Waals surface area contributed by atoms with Crippen molar-refractivity contribution in [3.05, 3.63) is 11.3 Å². The summed E-state index contributed by atoms with van der Waals surface area (Å²) in [5.74, 6) is 0.426. The van der Waals surface area contributed by atoms with E-state index in [2.05, 4.69) is 9.97 Å². The molecule has 0 aliphatic heterocycles. The molecule has 0 amide bonds. The van der Waals surface area contributed by atoms with Crippen LogP contribution in [-0.4, -0.2) is 16.2 Å². The number of nitrogens with two attached hydrogens (primary N) is 1. The number of hydrogen-bond acceptors (Lipinski definition) is 4. The number of anilines is 1. The van der Waals surface area contributed by atoms with Crippen LogP contribution in [0.3, 0.4) is 0 Å². The van der Waals surface area contributed by atoms with Crippen molar-refractivity contribution in [1.29, 1.82) is 0 Å². The molecule has 0 aromatic carbocycles. The van der Waals surface area contributed by atoms with Gasteiger partial charge in [-0.15, -0.1) is 11.8 Å². The maximum atomic E-state index is 5.67. The summed E-state index contributed by atoms with van der Waals surface area (Å²) in [6, 6.07) is 0. The van der Waals surface area contributed by atoms with Crippen LogP contribution in [0.2, 0.25) is 0 Å². The van der Waals surface area contributed by atoms with E-state index in [1.807, 2.05) is 6.26 Å². The third kappa shape index (κ3) is 1.85. The summed E-state index contributed by atoms with van der Waals surface area (Å²) in [5.41, 5.74) is 8.19. The van der Waals surface area contributed by atoms with Crippen molar-refractivity contribution in [2.45, 2.75) is 37.1 Å². The van der Waals surface area contributed by atoms with Crippen LogP contribution in [0, 0.1) is 0 Å². The summed E-state index contributed by atoms with van der Waals surface area (Å²) >= 11 is 1.68. The van der Waals surface area contributed by atoms with Crippen LogP contribution in [0.1, 0.15) is 30.5 Å². The molecule has 1 heterocycles. The molecule has 14 heavy (non-hydrogen) atoms. The zero-order chi connectivity index (χ0) is 9.97. The molecule has 0 unspecified atom stereocenters. The lowest BCUT2D eigenvalue weighted by Crippen LogP contribution is -2.05. The molecule has 0 saturated carbocycles. The van der Waals surface area contributed by atoms with E-state index in [9.17, 15) is 0 Å². The minimum atomic E-state index is 0.426. The van der Waals surface area contributed by atoms with E-state index in [4.69, 9.17) is 5.73 Å². The number of thioether (sulfide) groups is 1. The van der Waals surface area contributed by atoms with Crippen LogP contribution in [0.4, 0.5) is 5.95 Å². The second-order valence-electron chi connectivity index (χ2n) is 3.58. The molecule has 1 aromatic rings. The van der Waals surface area contributed by atoms with Crippen molar-refractivity contribution in [2.24, 2.45) is 0 Å². The molecule has 0 radical (unpaired) electrons. The van der Waals surface area contributed by atoms with Gasteiger partial charge in [0.15, 0.2) is 0 Å². The molecule has 4 heteroatoms. The molecule has 0 spiro atoms. The highest BCUT2D eigenvalue weighted by atomic mass is 32.2. The largest absolute Gasteiger partial charge is 0.368 e. The molecule has 0 saturated heterocycles. The number of aryl methyl sites for hydroxylation is 1. The van der Waals surface area contributed by atoms with Crippen molar-refractivity contribution in [2.75, 3.05) is 12.0 Å². The minimum Gasteiger partial charge on any atom is -0.368 e. The van der Waals surface area contributed by atoms with Gasteiger partial charge in [0.25, 0.3) is 0 Å². The molecule has 0 atom stereocenters. The van der Waals surface area contributed by atoms with Crippen molar-refractivity contribution < 1.29 is 0 Å². The highest BCUT2D eigenvalue weighted by molar-refractivity contribution is 7.98. The molecular weight excluding hydrogens is 194 g/mol.